The number of aliphatic carboxylic acids is 1. The Hall–Kier alpha value is -0.960. The normalized spacial score (nSPS) is 14.4. The standard InChI is InChI=1S/C16H22O2S/c1-16(2,15(17)18)9-4-10-19-14-8-7-12-5-3-6-13(12)11-14/h7-8,11H,3-6,9-10H2,1-2H3,(H,17,18). The van der Waals surface area contributed by atoms with E-state index in [-0.39, 0.29) is 0 Å². The maximum absolute atomic E-state index is 11.0. The van der Waals surface area contributed by atoms with E-state index in [0.29, 0.717) is 0 Å². The number of thioether (sulfide) groups is 1. The third kappa shape index (κ3) is 3.75. The van der Waals surface area contributed by atoms with Gasteiger partial charge in [0.25, 0.3) is 0 Å². The Labute approximate surface area is 119 Å². The molecule has 104 valence electrons. The Morgan fingerprint density at radius 3 is 2.79 bits per heavy atom. The van der Waals surface area contributed by atoms with Crippen molar-refractivity contribution in [3.63, 3.8) is 0 Å². The molecule has 1 N–H and O–H groups in total. The summed E-state index contributed by atoms with van der Waals surface area (Å²) in [5.41, 5.74) is 2.42. The summed E-state index contributed by atoms with van der Waals surface area (Å²) in [5, 5.41) is 9.06. The highest BCUT2D eigenvalue weighted by atomic mass is 32.2. The fraction of sp³-hybridized carbons (Fsp3) is 0.562. The molecule has 0 aromatic heterocycles. The minimum absolute atomic E-state index is 0.599. The van der Waals surface area contributed by atoms with Crippen LogP contribution in [-0.4, -0.2) is 16.8 Å². The molecule has 19 heavy (non-hydrogen) atoms. The van der Waals surface area contributed by atoms with E-state index >= 15 is 0 Å². The summed E-state index contributed by atoms with van der Waals surface area (Å²) in [5.74, 6) is 0.296. The van der Waals surface area contributed by atoms with Crippen molar-refractivity contribution < 1.29 is 9.90 Å². The predicted octanol–water partition coefficient (Wildman–Crippen LogP) is 4.16. The molecule has 2 nitrogen and oxygen atoms in total. The van der Waals surface area contributed by atoms with E-state index in [0.717, 1.165) is 18.6 Å². The average molecular weight is 278 g/mol. The number of carbonyl (C=O) groups is 1. The fourth-order valence-electron chi connectivity index (χ4n) is 2.45. The molecule has 2 rings (SSSR count). The molecule has 0 fully saturated rings. The quantitative estimate of drug-likeness (QED) is 0.627. The van der Waals surface area contributed by atoms with Crippen LogP contribution < -0.4 is 0 Å². The van der Waals surface area contributed by atoms with E-state index in [1.807, 2.05) is 11.8 Å². The third-order valence-corrected chi connectivity index (χ3v) is 4.94. The number of hydrogen-bond acceptors (Lipinski definition) is 2. The van der Waals surface area contributed by atoms with Gasteiger partial charge in [0, 0.05) is 4.90 Å². The van der Waals surface area contributed by atoms with Crippen molar-refractivity contribution in [1.29, 1.82) is 0 Å². The Morgan fingerprint density at radius 2 is 2.05 bits per heavy atom. The largest absolute Gasteiger partial charge is 0.481 e. The number of aryl methyl sites for hydroxylation is 2. The molecule has 0 bridgehead atoms. The van der Waals surface area contributed by atoms with Gasteiger partial charge in [0.1, 0.15) is 0 Å². The smallest absolute Gasteiger partial charge is 0.309 e. The van der Waals surface area contributed by atoms with E-state index < -0.39 is 11.4 Å². The molecule has 0 spiro atoms. The maximum Gasteiger partial charge on any atom is 0.309 e. The number of rotatable bonds is 6. The third-order valence-electron chi connectivity index (χ3n) is 3.86. The monoisotopic (exact) mass is 278 g/mol. The van der Waals surface area contributed by atoms with Crippen LogP contribution in [0.3, 0.4) is 0 Å². The first kappa shape index (κ1) is 14.4. The van der Waals surface area contributed by atoms with Gasteiger partial charge in [-0.25, -0.2) is 0 Å². The first-order valence-electron chi connectivity index (χ1n) is 6.97. The molecule has 1 aliphatic rings. The van der Waals surface area contributed by atoms with Gasteiger partial charge in [-0.15, -0.1) is 11.8 Å². The summed E-state index contributed by atoms with van der Waals surface area (Å²) in [6.45, 7) is 3.60. The summed E-state index contributed by atoms with van der Waals surface area (Å²) in [6, 6.07) is 6.78. The molecule has 1 aliphatic carbocycles. The van der Waals surface area contributed by atoms with E-state index in [9.17, 15) is 4.79 Å². The zero-order valence-electron chi connectivity index (χ0n) is 11.7. The topological polar surface area (TPSA) is 37.3 Å². The summed E-state index contributed by atoms with van der Waals surface area (Å²) < 4.78 is 0. The zero-order chi connectivity index (χ0) is 13.9. The van der Waals surface area contributed by atoms with E-state index in [2.05, 4.69) is 18.2 Å². The van der Waals surface area contributed by atoms with Crippen molar-refractivity contribution in [2.45, 2.75) is 50.8 Å². The first-order valence-corrected chi connectivity index (χ1v) is 7.95. The lowest BCUT2D eigenvalue weighted by Gasteiger charge is -2.18. The van der Waals surface area contributed by atoms with Gasteiger partial charge in [-0.3, -0.25) is 4.79 Å². The highest BCUT2D eigenvalue weighted by molar-refractivity contribution is 7.99. The van der Waals surface area contributed by atoms with Gasteiger partial charge in [0.05, 0.1) is 5.41 Å². The Morgan fingerprint density at radius 1 is 1.32 bits per heavy atom. The van der Waals surface area contributed by atoms with E-state index in [1.54, 1.807) is 13.8 Å². The minimum atomic E-state index is -0.699. The van der Waals surface area contributed by atoms with Gasteiger partial charge in [0.2, 0.25) is 0 Å². The van der Waals surface area contributed by atoms with Crippen LogP contribution in [-0.2, 0) is 17.6 Å². The molecular weight excluding hydrogens is 256 g/mol. The Balaban J connectivity index is 1.79. The number of hydrogen-bond donors (Lipinski definition) is 1. The number of carboxylic acids is 1. The van der Waals surface area contributed by atoms with Gasteiger partial charge in [-0.2, -0.15) is 0 Å². The molecule has 0 unspecified atom stereocenters. The molecule has 0 heterocycles. The van der Waals surface area contributed by atoms with Gasteiger partial charge in [-0.1, -0.05) is 6.07 Å². The van der Waals surface area contributed by atoms with Crippen molar-refractivity contribution in [3.05, 3.63) is 29.3 Å². The minimum Gasteiger partial charge on any atom is -0.481 e. The molecule has 1 aromatic carbocycles. The Bertz CT molecular complexity index is 466. The van der Waals surface area contributed by atoms with Crippen LogP contribution in [0.2, 0.25) is 0 Å². The van der Waals surface area contributed by atoms with Gasteiger partial charge < -0.3 is 5.11 Å². The van der Waals surface area contributed by atoms with Crippen molar-refractivity contribution >= 4 is 17.7 Å². The molecule has 1 aromatic rings. The van der Waals surface area contributed by atoms with Crippen molar-refractivity contribution in [2.24, 2.45) is 5.41 Å². The van der Waals surface area contributed by atoms with Crippen LogP contribution in [0.25, 0.3) is 0 Å². The van der Waals surface area contributed by atoms with Crippen LogP contribution >= 0.6 is 11.8 Å². The second-order valence-corrected chi connectivity index (χ2v) is 7.09. The molecule has 3 heteroatoms. The lowest BCUT2D eigenvalue weighted by atomic mass is 9.88. The first-order chi connectivity index (χ1) is 8.99. The van der Waals surface area contributed by atoms with Crippen LogP contribution in [0.15, 0.2) is 23.1 Å². The number of fused-ring (bicyclic) bond motifs is 1. The molecule has 0 amide bonds. The summed E-state index contributed by atoms with van der Waals surface area (Å²) in [4.78, 5) is 12.3. The van der Waals surface area contributed by atoms with Gasteiger partial charge >= 0.3 is 5.97 Å². The lowest BCUT2D eigenvalue weighted by Crippen LogP contribution is -2.23. The number of benzene rings is 1. The van der Waals surface area contributed by atoms with Gasteiger partial charge in [-0.05, 0) is 75.0 Å². The SMILES string of the molecule is CC(C)(CCCSc1ccc2c(c1)CCC2)C(=O)O. The summed E-state index contributed by atoms with van der Waals surface area (Å²) >= 11 is 1.85. The molecule has 0 saturated heterocycles. The average Bonchev–Trinajstić information content (AvgIpc) is 2.81. The van der Waals surface area contributed by atoms with Crippen molar-refractivity contribution in [2.75, 3.05) is 5.75 Å². The highest BCUT2D eigenvalue weighted by Crippen LogP contribution is 2.29. The summed E-state index contributed by atoms with van der Waals surface area (Å²) in [7, 11) is 0. The van der Waals surface area contributed by atoms with Crippen LogP contribution in [0.5, 0.6) is 0 Å². The van der Waals surface area contributed by atoms with Gasteiger partial charge in [0.15, 0.2) is 0 Å². The van der Waals surface area contributed by atoms with Crippen LogP contribution in [0, 0.1) is 5.41 Å². The lowest BCUT2D eigenvalue weighted by molar-refractivity contribution is -0.147. The second kappa shape index (κ2) is 6.00. The van der Waals surface area contributed by atoms with Crippen molar-refractivity contribution in [3.8, 4) is 0 Å². The van der Waals surface area contributed by atoms with E-state index in [4.69, 9.17) is 5.11 Å². The summed E-state index contributed by atoms with van der Waals surface area (Å²) in [6.07, 6.45) is 5.42. The van der Waals surface area contributed by atoms with E-state index in [1.165, 1.54) is 35.3 Å². The van der Waals surface area contributed by atoms with Crippen LogP contribution in [0.1, 0.15) is 44.2 Å². The molecular formula is C16H22O2S. The fourth-order valence-corrected chi connectivity index (χ4v) is 3.36. The molecule has 0 atom stereocenters. The highest BCUT2D eigenvalue weighted by Gasteiger charge is 2.26. The predicted molar refractivity (Wildman–Crippen MR) is 79.8 cm³/mol. The molecule has 0 aliphatic heterocycles. The molecule has 0 saturated carbocycles. The number of carboxylic acid groups (broad SMARTS) is 1. The maximum atomic E-state index is 11.0. The molecule has 0 radical (unpaired) electrons. The van der Waals surface area contributed by atoms with Crippen LogP contribution in [0.4, 0.5) is 0 Å². The zero-order valence-corrected chi connectivity index (χ0v) is 12.6. The second-order valence-electron chi connectivity index (χ2n) is 5.93. The Kier molecular flexibility index (Phi) is 4.56. The van der Waals surface area contributed by atoms with Crippen molar-refractivity contribution in [1.82, 2.24) is 0 Å².